The van der Waals surface area contributed by atoms with Crippen molar-refractivity contribution in [2.75, 3.05) is 26.4 Å². The lowest BCUT2D eigenvalue weighted by molar-refractivity contribution is -0.165. The molecule has 2 aliphatic heterocycles. The van der Waals surface area contributed by atoms with Crippen LogP contribution < -0.4 is 14.8 Å². The van der Waals surface area contributed by atoms with Crippen LogP contribution in [0.4, 0.5) is 8.78 Å². The van der Waals surface area contributed by atoms with Crippen LogP contribution in [-0.2, 0) is 15.1 Å². The average Bonchev–Trinajstić information content (AvgIpc) is 3.36. The van der Waals surface area contributed by atoms with Crippen LogP contribution in [0, 0.1) is 11.6 Å². The van der Waals surface area contributed by atoms with Gasteiger partial charge < -0.3 is 34.5 Å². The molecule has 6 rings (SSSR count). The van der Waals surface area contributed by atoms with Gasteiger partial charge >= 0.3 is 5.97 Å². The minimum Gasteiger partial charge on any atom is -0.488 e. The predicted molar refractivity (Wildman–Crippen MR) is 177 cm³/mol. The molecular formula is C37H42ClF2NO7. The van der Waals surface area contributed by atoms with Gasteiger partial charge in [-0.15, -0.1) is 0 Å². The van der Waals surface area contributed by atoms with E-state index in [1.165, 1.54) is 18.2 Å². The van der Waals surface area contributed by atoms with Gasteiger partial charge in [0.25, 0.3) is 0 Å². The zero-order valence-corrected chi connectivity index (χ0v) is 28.0. The van der Waals surface area contributed by atoms with Crippen LogP contribution in [0.3, 0.4) is 0 Å². The maximum atomic E-state index is 16.5. The third-order valence-corrected chi connectivity index (χ3v) is 10.4. The van der Waals surface area contributed by atoms with E-state index in [0.29, 0.717) is 31.6 Å². The third kappa shape index (κ3) is 6.91. The molecule has 2 heterocycles. The molecule has 0 spiro atoms. The van der Waals surface area contributed by atoms with Crippen molar-refractivity contribution in [2.24, 2.45) is 0 Å². The van der Waals surface area contributed by atoms with Crippen molar-refractivity contribution in [1.29, 1.82) is 0 Å². The third-order valence-electron chi connectivity index (χ3n) is 9.99. The van der Waals surface area contributed by atoms with E-state index in [-0.39, 0.29) is 48.2 Å². The first-order valence-electron chi connectivity index (χ1n) is 16.6. The molecule has 3 aliphatic rings. The molecule has 258 valence electrons. The number of carbonyl (C=O) groups is 1. The summed E-state index contributed by atoms with van der Waals surface area (Å²) in [6.07, 6.45) is 5.22. The monoisotopic (exact) mass is 685 g/mol. The van der Waals surface area contributed by atoms with Gasteiger partial charge in [-0.05, 0) is 69.6 Å². The van der Waals surface area contributed by atoms with Crippen LogP contribution in [-0.4, -0.2) is 60.5 Å². The lowest BCUT2D eigenvalue weighted by Gasteiger charge is -2.38. The summed E-state index contributed by atoms with van der Waals surface area (Å²) in [5.74, 6) is -3.84. The highest BCUT2D eigenvalue weighted by atomic mass is 35.5. The Labute approximate surface area is 284 Å². The van der Waals surface area contributed by atoms with Crippen LogP contribution in [0.1, 0.15) is 86.2 Å². The van der Waals surface area contributed by atoms with Crippen molar-refractivity contribution in [3.63, 3.8) is 0 Å². The van der Waals surface area contributed by atoms with Crippen molar-refractivity contribution in [3.8, 4) is 22.6 Å². The average molecular weight is 686 g/mol. The molecule has 3 N–H and O–H groups in total. The van der Waals surface area contributed by atoms with Gasteiger partial charge in [0.1, 0.15) is 18.2 Å². The van der Waals surface area contributed by atoms with Crippen LogP contribution in [0.2, 0.25) is 5.02 Å². The number of carboxylic acids is 1. The minimum absolute atomic E-state index is 0.0173. The van der Waals surface area contributed by atoms with E-state index < -0.39 is 45.3 Å². The quantitative estimate of drug-likeness (QED) is 0.178. The van der Waals surface area contributed by atoms with Crippen molar-refractivity contribution in [1.82, 2.24) is 5.32 Å². The lowest BCUT2D eigenvalue weighted by Crippen LogP contribution is -2.49. The highest BCUT2D eigenvalue weighted by Crippen LogP contribution is 2.56. The maximum Gasteiger partial charge on any atom is 0.336 e. The number of hydrogen-bond acceptors (Lipinski definition) is 7. The number of aliphatic hydroxyl groups is 1. The molecular weight excluding hydrogens is 644 g/mol. The number of benzene rings is 3. The number of halogens is 3. The van der Waals surface area contributed by atoms with Crippen molar-refractivity contribution in [2.45, 2.75) is 88.2 Å². The van der Waals surface area contributed by atoms with E-state index in [1.807, 2.05) is 44.2 Å². The molecule has 48 heavy (non-hydrogen) atoms. The fourth-order valence-electron chi connectivity index (χ4n) is 7.22. The van der Waals surface area contributed by atoms with Crippen molar-refractivity contribution in [3.05, 3.63) is 81.9 Å². The molecule has 0 amide bonds. The Bertz CT molecular complexity index is 1620. The van der Waals surface area contributed by atoms with E-state index in [1.54, 1.807) is 0 Å². The summed E-state index contributed by atoms with van der Waals surface area (Å²) in [5, 5.41) is 23.9. The van der Waals surface area contributed by atoms with Crippen molar-refractivity contribution < 1.29 is 42.7 Å². The van der Waals surface area contributed by atoms with Crippen LogP contribution in [0.15, 0.2) is 48.5 Å². The summed E-state index contributed by atoms with van der Waals surface area (Å²) in [6, 6.07) is 13.3. The SMILES string of the molecule is C[C@H]1c2c(cc(F)c(Cl)c2-c2c(C(=O)O)ccc(OCCO[C@H]3CCCCO3)c2F)O[C@]1(CNC1CCC(C)(O)CC1)c1ccccc1. The molecule has 0 radical (unpaired) electrons. The number of carboxylic acid groups (broad SMARTS) is 1. The van der Waals surface area contributed by atoms with Gasteiger partial charge in [0.2, 0.25) is 0 Å². The van der Waals surface area contributed by atoms with Gasteiger partial charge in [-0.2, -0.15) is 0 Å². The normalized spacial score (nSPS) is 26.9. The fourth-order valence-corrected chi connectivity index (χ4v) is 7.47. The molecule has 2 fully saturated rings. The Morgan fingerprint density at radius 3 is 2.50 bits per heavy atom. The number of hydrogen-bond donors (Lipinski definition) is 3. The Kier molecular flexibility index (Phi) is 10.3. The Balaban J connectivity index is 1.36. The summed E-state index contributed by atoms with van der Waals surface area (Å²) in [6.45, 7) is 4.79. The van der Waals surface area contributed by atoms with E-state index in [0.717, 1.165) is 37.7 Å². The molecule has 3 aromatic rings. The highest BCUT2D eigenvalue weighted by Gasteiger charge is 2.50. The second-order valence-electron chi connectivity index (χ2n) is 13.3. The Hall–Kier alpha value is -3.28. The van der Waals surface area contributed by atoms with Crippen LogP contribution in [0.5, 0.6) is 11.5 Å². The molecule has 11 heteroatoms. The van der Waals surface area contributed by atoms with Gasteiger partial charge in [0.15, 0.2) is 23.5 Å². The fraction of sp³-hybridized carbons (Fsp3) is 0.486. The van der Waals surface area contributed by atoms with Gasteiger partial charge in [-0.25, -0.2) is 13.6 Å². The maximum absolute atomic E-state index is 16.5. The van der Waals surface area contributed by atoms with Crippen molar-refractivity contribution >= 4 is 17.6 Å². The first-order valence-corrected chi connectivity index (χ1v) is 17.0. The minimum atomic E-state index is -1.40. The van der Waals surface area contributed by atoms with E-state index in [4.69, 9.17) is 30.5 Å². The number of fused-ring (bicyclic) bond motifs is 1. The number of ether oxygens (including phenoxy) is 4. The number of aromatic carboxylic acids is 1. The summed E-state index contributed by atoms with van der Waals surface area (Å²) >= 11 is 6.65. The van der Waals surface area contributed by atoms with Crippen LogP contribution in [0.25, 0.3) is 11.1 Å². The van der Waals surface area contributed by atoms with Gasteiger partial charge in [0, 0.05) is 47.9 Å². The largest absolute Gasteiger partial charge is 0.488 e. The molecule has 8 nitrogen and oxygen atoms in total. The van der Waals surface area contributed by atoms with E-state index >= 15 is 8.78 Å². The van der Waals surface area contributed by atoms with E-state index in [9.17, 15) is 15.0 Å². The predicted octanol–water partition coefficient (Wildman–Crippen LogP) is 7.58. The molecule has 1 saturated carbocycles. The molecule has 0 aromatic heterocycles. The first kappa shape index (κ1) is 34.6. The highest BCUT2D eigenvalue weighted by molar-refractivity contribution is 6.34. The van der Waals surface area contributed by atoms with Gasteiger partial charge in [-0.1, -0.05) is 48.9 Å². The zero-order valence-electron chi connectivity index (χ0n) is 27.2. The Morgan fingerprint density at radius 2 is 1.81 bits per heavy atom. The van der Waals surface area contributed by atoms with Gasteiger partial charge in [0.05, 0.1) is 22.8 Å². The first-order chi connectivity index (χ1) is 23.0. The zero-order chi connectivity index (χ0) is 34.1. The standard InChI is InChI=1S/C37H42ClF2NO7/c1-22-30-28(48-37(22,23-8-4-3-5-9-23)21-41-24-13-15-36(2,44)16-14-24)20-26(39)33(38)32(30)31-25(35(42)43)11-12-27(34(31)40)45-18-19-47-29-10-6-7-17-46-29/h3-5,8-9,11-12,20,22,24,29,41,44H,6-7,10,13-19,21H2,1-2H3,(H,42,43)/t22-,24?,29-,36?,37-/m0/s1. The van der Waals surface area contributed by atoms with E-state index in [2.05, 4.69) is 5.32 Å². The topological polar surface area (TPSA) is 106 Å². The Morgan fingerprint density at radius 1 is 1.06 bits per heavy atom. The summed E-state index contributed by atoms with van der Waals surface area (Å²) in [7, 11) is 0. The van der Waals surface area contributed by atoms with Gasteiger partial charge in [-0.3, -0.25) is 0 Å². The summed E-state index contributed by atoms with van der Waals surface area (Å²) < 4.78 is 55.9. The number of nitrogens with one attached hydrogen (secondary N) is 1. The molecule has 0 bridgehead atoms. The molecule has 3 atom stereocenters. The molecule has 1 saturated heterocycles. The summed E-state index contributed by atoms with van der Waals surface area (Å²) in [4.78, 5) is 12.5. The number of rotatable bonds is 11. The second-order valence-corrected chi connectivity index (χ2v) is 13.7. The molecule has 0 unspecified atom stereocenters. The second kappa shape index (κ2) is 14.3. The lowest BCUT2D eigenvalue weighted by atomic mass is 9.77. The van der Waals surface area contributed by atoms with Crippen LogP contribution >= 0.6 is 11.6 Å². The molecule has 1 aliphatic carbocycles. The molecule has 3 aromatic carbocycles. The smallest absolute Gasteiger partial charge is 0.336 e. The summed E-state index contributed by atoms with van der Waals surface area (Å²) in [5.41, 5.74) is -1.41.